The molecule has 5 heteroatoms. The van der Waals surface area contributed by atoms with Gasteiger partial charge in [-0.2, -0.15) is 0 Å². The number of nitrogens with one attached hydrogen (secondary N) is 1. The second kappa shape index (κ2) is 6.85. The van der Waals surface area contributed by atoms with E-state index in [1.54, 1.807) is 6.20 Å². The molecule has 1 unspecified atom stereocenters. The molecule has 0 saturated heterocycles. The number of anilines is 1. The van der Waals surface area contributed by atoms with Gasteiger partial charge in [-0.3, -0.25) is 0 Å². The molecule has 84 valence electrons. The Hall–Kier alpha value is -0.540. The molecule has 0 aromatic carbocycles. The molecule has 0 fully saturated rings. The highest BCUT2D eigenvalue weighted by Crippen LogP contribution is 2.16. The Labute approximate surface area is 100 Å². The van der Waals surface area contributed by atoms with E-state index in [9.17, 15) is 0 Å². The number of hydrogen-bond donors (Lipinski definition) is 1. The Balaban J connectivity index is 2.23. The van der Waals surface area contributed by atoms with Crippen molar-refractivity contribution in [3.63, 3.8) is 0 Å². The molecule has 0 saturated carbocycles. The summed E-state index contributed by atoms with van der Waals surface area (Å²) in [6, 6.07) is 0. The number of halogens is 2. The van der Waals surface area contributed by atoms with Gasteiger partial charge in [0.15, 0.2) is 0 Å². The van der Waals surface area contributed by atoms with Crippen molar-refractivity contribution < 1.29 is 0 Å². The molecule has 0 aliphatic heterocycles. The minimum Gasteiger partial charge on any atom is -0.369 e. The van der Waals surface area contributed by atoms with Crippen LogP contribution in [-0.2, 0) is 0 Å². The fraction of sp³-hybridized carbons (Fsp3) is 0.600. The van der Waals surface area contributed by atoms with Crippen molar-refractivity contribution >= 4 is 29.0 Å². The molecule has 1 heterocycles. The van der Waals surface area contributed by atoms with E-state index in [0.717, 1.165) is 19.4 Å². The van der Waals surface area contributed by atoms with Gasteiger partial charge in [0.1, 0.15) is 17.2 Å². The number of rotatable bonds is 6. The third-order valence-electron chi connectivity index (χ3n) is 2.10. The molecule has 3 nitrogen and oxygen atoms in total. The number of aromatic nitrogens is 2. The van der Waals surface area contributed by atoms with E-state index in [1.807, 2.05) is 0 Å². The smallest absolute Gasteiger partial charge is 0.148 e. The van der Waals surface area contributed by atoms with Crippen molar-refractivity contribution in [3.05, 3.63) is 17.5 Å². The predicted molar refractivity (Wildman–Crippen MR) is 64.6 cm³/mol. The van der Waals surface area contributed by atoms with Crippen molar-refractivity contribution in [2.75, 3.05) is 17.7 Å². The van der Waals surface area contributed by atoms with Crippen LogP contribution in [0.4, 0.5) is 5.82 Å². The summed E-state index contributed by atoms with van der Waals surface area (Å²) in [4.78, 5) is 7.85. The lowest BCUT2D eigenvalue weighted by molar-refractivity contribution is 0.572. The average molecular weight is 248 g/mol. The highest BCUT2D eigenvalue weighted by Gasteiger charge is 2.01. The van der Waals surface area contributed by atoms with Crippen LogP contribution >= 0.6 is 23.2 Å². The van der Waals surface area contributed by atoms with Gasteiger partial charge in [0.2, 0.25) is 0 Å². The van der Waals surface area contributed by atoms with Crippen molar-refractivity contribution in [1.29, 1.82) is 0 Å². The zero-order valence-electron chi connectivity index (χ0n) is 8.71. The van der Waals surface area contributed by atoms with Gasteiger partial charge >= 0.3 is 0 Å². The SMILES string of the molecule is CC(CCl)CCCNc1ncncc1Cl. The van der Waals surface area contributed by atoms with E-state index >= 15 is 0 Å². The first kappa shape index (κ1) is 12.5. The molecule has 0 amide bonds. The number of nitrogens with zero attached hydrogens (tertiary/aromatic N) is 2. The van der Waals surface area contributed by atoms with E-state index < -0.39 is 0 Å². The lowest BCUT2D eigenvalue weighted by Gasteiger charge is -2.08. The van der Waals surface area contributed by atoms with Crippen LogP contribution in [0.1, 0.15) is 19.8 Å². The van der Waals surface area contributed by atoms with Crippen LogP contribution in [-0.4, -0.2) is 22.4 Å². The maximum atomic E-state index is 5.88. The topological polar surface area (TPSA) is 37.8 Å². The fourth-order valence-corrected chi connectivity index (χ4v) is 1.50. The molecule has 1 rings (SSSR count). The summed E-state index contributed by atoms with van der Waals surface area (Å²) < 4.78 is 0. The van der Waals surface area contributed by atoms with Crippen LogP contribution in [0.15, 0.2) is 12.5 Å². The number of hydrogen-bond acceptors (Lipinski definition) is 3. The minimum absolute atomic E-state index is 0.558. The molecule has 0 aliphatic rings. The molecule has 15 heavy (non-hydrogen) atoms. The van der Waals surface area contributed by atoms with Gasteiger partial charge in [-0.15, -0.1) is 11.6 Å². The Bertz CT molecular complexity index is 294. The molecule has 1 aromatic heterocycles. The Morgan fingerprint density at radius 1 is 1.53 bits per heavy atom. The Kier molecular flexibility index (Phi) is 5.73. The lowest BCUT2D eigenvalue weighted by Crippen LogP contribution is -2.06. The summed E-state index contributed by atoms with van der Waals surface area (Å²) >= 11 is 11.6. The zero-order valence-corrected chi connectivity index (χ0v) is 10.2. The van der Waals surface area contributed by atoms with Crippen LogP contribution in [0, 0.1) is 5.92 Å². The van der Waals surface area contributed by atoms with Crippen molar-refractivity contribution in [1.82, 2.24) is 9.97 Å². The first-order valence-electron chi connectivity index (χ1n) is 4.99. The predicted octanol–water partition coefficient (Wildman–Crippen LogP) is 3.20. The van der Waals surface area contributed by atoms with Gasteiger partial charge < -0.3 is 5.32 Å². The second-order valence-electron chi connectivity index (χ2n) is 3.55. The van der Waals surface area contributed by atoms with Crippen LogP contribution in [0.25, 0.3) is 0 Å². The first-order valence-corrected chi connectivity index (χ1v) is 5.90. The van der Waals surface area contributed by atoms with Crippen molar-refractivity contribution in [2.45, 2.75) is 19.8 Å². The summed E-state index contributed by atoms with van der Waals surface area (Å²) in [5, 5.41) is 3.72. The molecule has 1 atom stereocenters. The van der Waals surface area contributed by atoms with E-state index in [-0.39, 0.29) is 0 Å². The molecule has 0 bridgehead atoms. The molecule has 0 radical (unpaired) electrons. The lowest BCUT2D eigenvalue weighted by atomic mass is 10.1. The van der Waals surface area contributed by atoms with Gasteiger partial charge in [-0.05, 0) is 18.8 Å². The van der Waals surface area contributed by atoms with Gasteiger partial charge in [0, 0.05) is 12.4 Å². The largest absolute Gasteiger partial charge is 0.369 e. The van der Waals surface area contributed by atoms with Crippen LogP contribution in [0.2, 0.25) is 5.02 Å². The fourth-order valence-electron chi connectivity index (χ4n) is 1.18. The summed E-state index contributed by atoms with van der Waals surface area (Å²) in [6.07, 6.45) is 5.24. The zero-order chi connectivity index (χ0) is 11.1. The van der Waals surface area contributed by atoms with Crippen LogP contribution < -0.4 is 5.32 Å². The Morgan fingerprint density at radius 2 is 2.33 bits per heavy atom. The summed E-state index contributed by atoms with van der Waals surface area (Å²) in [6.45, 7) is 3.00. The van der Waals surface area contributed by atoms with E-state index in [1.165, 1.54) is 6.33 Å². The average Bonchev–Trinajstić information content (AvgIpc) is 2.26. The van der Waals surface area contributed by atoms with E-state index in [2.05, 4.69) is 22.2 Å². The summed E-state index contributed by atoms with van der Waals surface area (Å²) in [5.41, 5.74) is 0. The highest BCUT2D eigenvalue weighted by atomic mass is 35.5. The molecule has 1 N–H and O–H groups in total. The third kappa shape index (κ3) is 4.67. The normalized spacial score (nSPS) is 12.5. The van der Waals surface area contributed by atoms with E-state index in [0.29, 0.717) is 22.6 Å². The third-order valence-corrected chi connectivity index (χ3v) is 2.90. The first-order chi connectivity index (χ1) is 7.24. The van der Waals surface area contributed by atoms with Gasteiger partial charge in [-0.25, -0.2) is 9.97 Å². The highest BCUT2D eigenvalue weighted by molar-refractivity contribution is 6.32. The molecular weight excluding hydrogens is 233 g/mol. The standard InChI is InChI=1S/C10H15Cl2N3/c1-8(5-11)3-2-4-14-10-9(12)6-13-7-15-10/h6-8H,2-5H2,1H3,(H,13,14,15). The minimum atomic E-state index is 0.558. The quantitative estimate of drug-likeness (QED) is 0.620. The molecule has 1 aromatic rings. The van der Waals surface area contributed by atoms with Gasteiger partial charge in [0.05, 0.1) is 6.20 Å². The molecular formula is C10H15Cl2N3. The van der Waals surface area contributed by atoms with Crippen LogP contribution in [0.5, 0.6) is 0 Å². The summed E-state index contributed by atoms with van der Waals surface area (Å²) in [5.74, 6) is 1.98. The monoisotopic (exact) mass is 247 g/mol. The van der Waals surface area contributed by atoms with Crippen molar-refractivity contribution in [3.8, 4) is 0 Å². The Morgan fingerprint density at radius 3 is 3.00 bits per heavy atom. The second-order valence-corrected chi connectivity index (χ2v) is 4.26. The maximum absolute atomic E-state index is 5.88. The van der Waals surface area contributed by atoms with Crippen molar-refractivity contribution in [2.24, 2.45) is 5.92 Å². The number of alkyl halides is 1. The molecule has 0 aliphatic carbocycles. The van der Waals surface area contributed by atoms with E-state index in [4.69, 9.17) is 23.2 Å². The maximum Gasteiger partial charge on any atom is 0.148 e. The van der Waals surface area contributed by atoms with Crippen LogP contribution in [0.3, 0.4) is 0 Å². The summed E-state index contributed by atoms with van der Waals surface area (Å²) in [7, 11) is 0. The van der Waals surface area contributed by atoms with Gasteiger partial charge in [0.25, 0.3) is 0 Å². The van der Waals surface area contributed by atoms with Gasteiger partial charge in [-0.1, -0.05) is 18.5 Å². The molecule has 0 spiro atoms.